The van der Waals surface area contributed by atoms with Crippen LogP contribution in [0.5, 0.6) is 0 Å². The fourth-order valence-corrected chi connectivity index (χ4v) is 6.54. The topological polar surface area (TPSA) is 76.9 Å². The number of aryl methyl sites for hydroxylation is 2. The van der Waals surface area contributed by atoms with Crippen molar-refractivity contribution in [2.24, 2.45) is 0 Å². The fraction of sp³-hybridized carbons (Fsp3) is 0.273. The number of anilines is 1. The molecule has 0 aliphatic heterocycles. The van der Waals surface area contributed by atoms with E-state index in [2.05, 4.69) is 10.3 Å². The van der Waals surface area contributed by atoms with E-state index in [-0.39, 0.29) is 11.5 Å². The van der Waals surface area contributed by atoms with Gasteiger partial charge in [0.05, 0.1) is 16.3 Å². The first-order valence-corrected chi connectivity index (χ1v) is 12.7. The highest BCUT2D eigenvalue weighted by Gasteiger charge is 2.25. The van der Waals surface area contributed by atoms with Crippen molar-refractivity contribution >= 4 is 55.7 Å². The van der Waals surface area contributed by atoms with E-state index in [9.17, 15) is 9.59 Å². The second kappa shape index (κ2) is 8.57. The number of amides is 1. The third kappa shape index (κ3) is 3.93. The van der Waals surface area contributed by atoms with Gasteiger partial charge >= 0.3 is 0 Å². The first-order valence-electron chi connectivity index (χ1n) is 10.1. The molecular formula is C22H20N4O2S3. The minimum absolute atomic E-state index is 0.0503. The van der Waals surface area contributed by atoms with E-state index < -0.39 is 5.25 Å². The van der Waals surface area contributed by atoms with Crippen molar-refractivity contribution in [1.82, 2.24) is 14.5 Å². The Hall–Kier alpha value is -2.49. The summed E-state index contributed by atoms with van der Waals surface area (Å²) in [4.78, 5) is 37.4. The molecule has 0 spiro atoms. The maximum Gasteiger partial charge on any atom is 0.267 e. The molecule has 3 heterocycles. The van der Waals surface area contributed by atoms with Crippen LogP contribution in [0.1, 0.15) is 30.2 Å². The van der Waals surface area contributed by atoms with Crippen molar-refractivity contribution in [2.45, 2.75) is 43.0 Å². The summed E-state index contributed by atoms with van der Waals surface area (Å²) in [5.74, 6) is -0.167. The third-order valence-electron chi connectivity index (χ3n) is 5.29. The van der Waals surface area contributed by atoms with Gasteiger partial charge < -0.3 is 5.32 Å². The number of fused-ring (bicyclic) bond motifs is 3. The highest BCUT2D eigenvalue weighted by molar-refractivity contribution is 8.00. The summed E-state index contributed by atoms with van der Waals surface area (Å²) >= 11 is 4.29. The molecular weight excluding hydrogens is 448 g/mol. The summed E-state index contributed by atoms with van der Waals surface area (Å²) in [6, 6.07) is 9.53. The fourth-order valence-electron chi connectivity index (χ4n) is 3.77. The van der Waals surface area contributed by atoms with Crippen molar-refractivity contribution in [3.63, 3.8) is 0 Å². The van der Waals surface area contributed by atoms with Crippen LogP contribution in [0.3, 0.4) is 0 Å². The molecule has 0 unspecified atom stereocenters. The molecule has 9 heteroatoms. The van der Waals surface area contributed by atoms with Crippen molar-refractivity contribution in [3.05, 3.63) is 62.7 Å². The zero-order valence-electron chi connectivity index (χ0n) is 16.8. The van der Waals surface area contributed by atoms with Crippen LogP contribution in [-0.4, -0.2) is 25.7 Å². The van der Waals surface area contributed by atoms with E-state index in [1.807, 2.05) is 42.6 Å². The van der Waals surface area contributed by atoms with Gasteiger partial charge in [0, 0.05) is 16.5 Å². The van der Waals surface area contributed by atoms with Crippen LogP contribution in [-0.2, 0) is 17.6 Å². The number of carbonyl (C=O) groups is 1. The van der Waals surface area contributed by atoms with Crippen LogP contribution < -0.4 is 10.9 Å². The second-order valence-corrected chi connectivity index (χ2v) is 10.6. The maximum absolute atomic E-state index is 13.7. The zero-order chi connectivity index (χ0) is 21.4. The Morgan fingerprint density at radius 1 is 1.23 bits per heavy atom. The lowest BCUT2D eigenvalue weighted by molar-refractivity contribution is -0.115. The number of carbonyl (C=O) groups excluding carboxylic acids is 1. The molecule has 1 aromatic carbocycles. The predicted molar refractivity (Wildman–Crippen MR) is 128 cm³/mol. The number of rotatable bonds is 5. The van der Waals surface area contributed by atoms with E-state index in [1.165, 1.54) is 33.5 Å². The van der Waals surface area contributed by atoms with Gasteiger partial charge in [0.25, 0.3) is 5.56 Å². The number of thioether (sulfide) groups is 1. The summed E-state index contributed by atoms with van der Waals surface area (Å²) in [6.45, 7) is 1.82. The van der Waals surface area contributed by atoms with E-state index in [1.54, 1.807) is 22.1 Å². The molecule has 1 atom stereocenters. The summed E-state index contributed by atoms with van der Waals surface area (Å²) < 4.78 is 1.65. The molecule has 0 radical (unpaired) electrons. The minimum atomic E-state index is -0.446. The Balaban J connectivity index is 1.59. The lowest BCUT2D eigenvalue weighted by atomic mass is 9.97. The molecule has 6 nitrogen and oxygen atoms in total. The van der Waals surface area contributed by atoms with Crippen molar-refractivity contribution in [3.8, 4) is 5.69 Å². The van der Waals surface area contributed by atoms with Crippen molar-refractivity contribution in [1.29, 1.82) is 0 Å². The van der Waals surface area contributed by atoms with Crippen LogP contribution in [0.15, 0.2) is 51.9 Å². The van der Waals surface area contributed by atoms with Gasteiger partial charge in [0.2, 0.25) is 5.91 Å². The van der Waals surface area contributed by atoms with Gasteiger partial charge in [-0.25, -0.2) is 9.97 Å². The Bertz CT molecular complexity index is 1300. The quantitative estimate of drug-likeness (QED) is 0.333. The largest absolute Gasteiger partial charge is 0.301 e. The summed E-state index contributed by atoms with van der Waals surface area (Å²) in [5, 5.41) is 6.03. The van der Waals surface area contributed by atoms with Crippen LogP contribution in [0.4, 0.5) is 5.13 Å². The average Bonchev–Trinajstić information content (AvgIpc) is 3.41. The summed E-state index contributed by atoms with van der Waals surface area (Å²) in [7, 11) is 0. The van der Waals surface area contributed by atoms with E-state index >= 15 is 0 Å². The van der Waals surface area contributed by atoms with Crippen LogP contribution >= 0.6 is 34.4 Å². The minimum Gasteiger partial charge on any atom is -0.301 e. The summed E-state index contributed by atoms with van der Waals surface area (Å²) in [6.07, 6.45) is 5.85. The average molecular weight is 469 g/mol. The predicted octanol–water partition coefficient (Wildman–Crippen LogP) is 4.90. The monoisotopic (exact) mass is 468 g/mol. The molecule has 158 valence electrons. The highest BCUT2D eigenvalue weighted by atomic mass is 32.2. The third-order valence-corrected chi connectivity index (χ3v) is 8.21. The standard InChI is InChI=1S/C22H20N4O2S3/c1-13(18(27)24-21-23-11-12-29-21)30-22-25-19-17(15-9-5-6-10-16(15)31-19)20(28)26(22)14-7-3-2-4-8-14/h2-4,7-8,11-13H,5-6,9-10H2,1H3,(H,23,24,27)/t13-/m0/s1. The number of nitrogens with zero attached hydrogens (tertiary/aromatic N) is 3. The lowest BCUT2D eigenvalue weighted by Gasteiger charge is -2.16. The van der Waals surface area contributed by atoms with E-state index in [0.29, 0.717) is 10.3 Å². The Labute approximate surface area is 191 Å². The number of thiophene rings is 1. The van der Waals surface area contributed by atoms with Gasteiger partial charge in [-0.1, -0.05) is 30.0 Å². The molecule has 0 fully saturated rings. The first-order chi connectivity index (χ1) is 15.1. The van der Waals surface area contributed by atoms with Gasteiger partial charge in [-0.2, -0.15) is 0 Å². The van der Waals surface area contributed by atoms with E-state index in [0.717, 1.165) is 41.6 Å². The number of benzene rings is 1. The van der Waals surface area contributed by atoms with Gasteiger partial charge in [-0.05, 0) is 50.3 Å². The number of hydrogen-bond acceptors (Lipinski definition) is 7. The van der Waals surface area contributed by atoms with Gasteiger partial charge in [-0.15, -0.1) is 22.7 Å². The molecule has 31 heavy (non-hydrogen) atoms. The van der Waals surface area contributed by atoms with Crippen LogP contribution in [0, 0.1) is 0 Å². The first kappa shape index (κ1) is 20.4. The van der Waals surface area contributed by atoms with Crippen LogP contribution in [0.2, 0.25) is 0 Å². The Kier molecular flexibility index (Phi) is 5.64. The summed E-state index contributed by atoms with van der Waals surface area (Å²) in [5.41, 5.74) is 1.87. The van der Waals surface area contributed by atoms with Gasteiger partial charge in [-0.3, -0.25) is 14.2 Å². The number of thiazole rings is 1. The molecule has 0 saturated carbocycles. The number of aromatic nitrogens is 3. The Morgan fingerprint density at radius 3 is 2.81 bits per heavy atom. The second-order valence-electron chi connectivity index (χ2n) is 7.35. The molecule has 1 aliphatic carbocycles. The number of para-hydroxylation sites is 1. The SMILES string of the molecule is C[C@H](Sc1nc2sc3c(c2c(=O)n1-c1ccccc1)CCCC3)C(=O)Nc1nccs1. The molecule has 0 saturated heterocycles. The molecule has 1 amide bonds. The smallest absolute Gasteiger partial charge is 0.267 e. The molecule has 1 N–H and O–H groups in total. The maximum atomic E-state index is 13.7. The zero-order valence-corrected chi connectivity index (χ0v) is 19.3. The Morgan fingerprint density at radius 2 is 2.03 bits per heavy atom. The molecule has 5 rings (SSSR count). The molecule has 0 bridgehead atoms. The van der Waals surface area contributed by atoms with Crippen LogP contribution in [0.25, 0.3) is 15.9 Å². The van der Waals surface area contributed by atoms with Crippen molar-refractivity contribution in [2.75, 3.05) is 5.32 Å². The molecule has 3 aromatic heterocycles. The number of hydrogen-bond donors (Lipinski definition) is 1. The lowest BCUT2D eigenvalue weighted by Crippen LogP contribution is -2.26. The highest BCUT2D eigenvalue weighted by Crippen LogP contribution is 2.36. The molecule has 4 aromatic rings. The molecule has 1 aliphatic rings. The normalized spacial score (nSPS) is 14.4. The van der Waals surface area contributed by atoms with E-state index in [4.69, 9.17) is 4.98 Å². The van der Waals surface area contributed by atoms with Gasteiger partial charge in [0.15, 0.2) is 10.3 Å². The number of nitrogens with one attached hydrogen (secondary N) is 1. The van der Waals surface area contributed by atoms with Gasteiger partial charge in [0.1, 0.15) is 4.83 Å². The van der Waals surface area contributed by atoms with Crippen molar-refractivity contribution < 1.29 is 4.79 Å².